The van der Waals surface area contributed by atoms with Gasteiger partial charge in [0, 0.05) is 17.4 Å². The molecule has 0 aliphatic heterocycles. The van der Waals surface area contributed by atoms with Gasteiger partial charge in [-0.3, -0.25) is 4.79 Å². The van der Waals surface area contributed by atoms with Crippen LogP contribution in [0.1, 0.15) is 19.8 Å². The van der Waals surface area contributed by atoms with E-state index in [1.807, 2.05) is 36.6 Å². The van der Waals surface area contributed by atoms with Crippen LogP contribution >= 0.6 is 11.3 Å². The Kier molecular flexibility index (Phi) is 7.17. The number of thiazole rings is 1. The zero-order valence-corrected chi connectivity index (χ0v) is 17.9. The van der Waals surface area contributed by atoms with Gasteiger partial charge < -0.3 is 10.1 Å². The maximum atomic E-state index is 12.9. The van der Waals surface area contributed by atoms with Crippen LogP contribution in [0.15, 0.2) is 58.8 Å². The molecule has 0 atom stereocenters. The fourth-order valence-electron chi connectivity index (χ4n) is 2.72. The van der Waals surface area contributed by atoms with Gasteiger partial charge in [0.25, 0.3) is 0 Å². The third kappa shape index (κ3) is 5.87. The first-order chi connectivity index (χ1) is 14.4. The Labute approximate surface area is 178 Å². The second-order valence-electron chi connectivity index (χ2n) is 6.42. The number of carbonyl (C=O) groups excluding carboxylic acids is 1. The molecule has 1 N–H and O–H groups in total. The quantitative estimate of drug-likeness (QED) is 0.486. The number of carbonyl (C=O) groups is 1. The molecule has 1 amide bonds. The maximum Gasteiger partial charge on any atom is 0.226 e. The Morgan fingerprint density at radius 3 is 2.50 bits per heavy atom. The molecule has 0 aliphatic carbocycles. The fraction of sp³-hybridized carbons (Fsp3) is 0.238. The third-order valence-electron chi connectivity index (χ3n) is 4.20. The molecular formula is C21H21FN2O4S2. The van der Waals surface area contributed by atoms with Gasteiger partial charge in [0.1, 0.15) is 11.6 Å². The van der Waals surface area contributed by atoms with Gasteiger partial charge in [-0.15, -0.1) is 11.3 Å². The van der Waals surface area contributed by atoms with E-state index < -0.39 is 15.7 Å². The SMILES string of the molecule is CCOc1ccc(-c2csc(NC(=O)CCCS(=O)(=O)c3ccc(F)cc3)n2)cc1. The van der Waals surface area contributed by atoms with E-state index in [2.05, 4.69) is 10.3 Å². The van der Waals surface area contributed by atoms with Gasteiger partial charge in [0.15, 0.2) is 15.0 Å². The summed E-state index contributed by atoms with van der Waals surface area (Å²) < 4.78 is 42.8. The highest BCUT2D eigenvalue weighted by molar-refractivity contribution is 7.91. The number of anilines is 1. The van der Waals surface area contributed by atoms with E-state index in [0.717, 1.165) is 29.1 Å². The fourth-order valence-corrected chi connectivity index (χ4v) is 4.76. The zero-order chi connectivity index (χ0) is 21.6. The molecular weight excluding hydrogens is 427 g/mol. The first kappa shape index (κ1) is 21.9. The molecule has 0 radical (unpaired) electrons. The van der Waals surface area contributed by atoms with Crippen molar-refractivity contribution in [2.24, 2.45) is 0 Å². The summed E-state index contributed by atoms with van der Waals surface area (Å²) in [5.74, 6) is -0.222. The van der Waals surface area contributed by atoms with Crippen LogP contribution in [0.25, 0.3) is 11.3 Å². The highest BCUT2D eigenvalue weighted by Crippen LogP contribution is 2.26. The second-order valence-corrected chi connectivity index (χ2v) is 9.39. The van der Waals surface area contributed by atoms with Gasteiger partial charge in [0.2, 0.25) is 5.91 Å². The molecule has 0 bridgehead atoms. The normalized spacial score (nSPS) is 11.3. The topological polar surface area (TPSA) is 85.4 Å². The van der Waals surface area contributed by atoms with Gasteiger partial charge >= 0.3 is 0 Å². The molecule has 30 heavy (non-hydrogen) atoms. The number of sulfone groups is 1. The van der Waals surface area contributed by atoms with E-state index in [4.69, 9.17) is 4.74 Å². The summed E-state index contributed by atoms with van der Waals surface area (Å²) in [6.45, 7) is 2.51. The van der Waals surface area contributed by atoms with Gasteiger partial charge in [-0.2, -0.15) is 0 Å². The highest BCUT2D eigenvalue weighted by Gasteiger charge is 2.16. The monoisotopic (exact) mass is 448 g/mol. The average molecular weight is 449 g/mol. The molecule has 6 nitrogen and oxygen atoms in total. The summed E-state index contributed by atoms with van der Waals surface area (Å²) in [5, 5.41) is 4.98. The lowest BCUT2D eigenvalue weighted by Crippen LogP contribution is -2.14. The molecule has 3 aromatic rings. The zero-order valence-electron chi connectivity index (χ0n) is 16.3. The van der Waals surface area contributed by atoms with Crippen molar-refractivity contribution in [3.8, 4) is 17.0 Å². The molecule has 0 aliphatic rings. The van der Waals surface area contributed by atoms with Crippen molar-refractivity contribution >= 4 is 32.2 Å². The van der Waals surface area contributed by atoms with Gasteiger partial charge in [0.05, 0.1) is 22.9 Å². The Balaban J connectivity index is 1.51. The van der Waals surface area contributed by atoms with Crippen molar-refractivity contribution in [1.82, 2.24) is 4.98 Å². The van der Waals surface area contributed by atoms with E-state index in [1.165, 1.54) is 23.5 Å². The first-order valence-electron chi connectivity index (χ1n) is 9.34. The predicted molar refractivity (Wildman–Crippen MR) is 115 cm³/mol. The number of benzene rings is 2. The Morgan fingerprint density at radius 2 is 1.83 bits per heavy atom. The number of nitrogens with zero attached hydrogens (tertiary/aromatic N) is 1. The lowest BCUT2D eigenvalue weighted by atomic mass is 10.2. The van der Waals surface area contributed by atoms with Crippen LogP contribution in [-0.4, -0.2) is 31.7 Å². The van der Waals surface area contributed by atoms with Gasteiger partial charge in [-0.25, -0.2) is 17.8 Å². The Bertz CT molecular complexity index is 1090. The molecule has 0 spiro atoms. The molecule has 0 saturated heterocycles. The molecule has 0 fully saturated rings. The number of aromatic nitrogens is 1. The summed E-state index contributed by atoms with van der Waals surface area (Å²) in [7, 11) is -3.56. The number of nitrogens with one attached hydrogen (secondary N) is 1. The number of hydrogen-bond donors (Lipinski definition) is 1. The van der Waals surface area contributed by atoms with Crippen LogP contribution in [0.3, 0.4) is 0 Å². The summed E-state index contributed by atoms with van der Waals surface area (Å²) in [5.41, 5.74) is 1.64. The van der Waals surface area contributed by atoms with Crippen molar-refractivity contribution < 1.29 is 22.3 Å². The van der Waals surface area contributed by atoms with Crippen LogP contribution in [0, 0.1) is 5.82 Å². The summed E-state index contributed by atoms with van der Waals surface area (Å²) in [4.78, 5) is 16.6. The molecule has 0 saturated carbocycles. The summed E-state index contributed by atoms with van der Waals surface area (Å²) in [6.07, 6.45) is 0.195. The second kappa shape index (κ2) is 9.82. The van der Waals surface area contributed by atoms with Crippen molar-refractivity contribution in [3.63, 3.8) is 0 Å². The number of hydrogen-bond acceptors (Lipinski definition) is 6. The van der Waals surface area contributed by atoms with Crippen LogP contribution in [-0.2, 0) is 14.6 Å². The standard InChI is InChI=1S/C21H21FN2O4S2/c1-2-28-17-9-5-15(6-10-17)19-14-29-21(23-19)24-20(25)4-3-13-30(26,27)18-11-7-16(22)8-12-18/h5-12,14H,2-4,13H2,1H3,(H,23,24,25). The summed E-state index contributed by atoms with van der Waals surface area (Å²) >= 11 is 1.30. The molecule has 3 rings (SSSR count). The summed E-state index contributed by atoms with van der Waals surface area (Å²) in [6, 6.07) is 12.2. The van der Waals surface area contributed by atoms with E-state index in [0.29, 0.717) is 11.7 Å². The van der Waals surface area contributed by atoms with Crippen LogP contribution in [0.5, 0.6) is 5.75 Å². The number of amides is 1. The van der Waals surface area contributed by atoms with Gasteiger partial charge in [-0.1, -0.05) is 0 Å². The number of halogens is 1. The van der Waals surface area contributed by atoms with E-state index in [9.17, 15) is 17.6 Å². The minimum atomic E-state index is -3.56. The van der Waals surface area contributed by atoms with Crippen molar-refractivity contribution in [3.05, 3.63) is 59.7 Å². The number of rotatable bonds is 9. The predicted octanol–water partition coefficient (Wildman–Crippen LogP) is 4.54. The lowest BCUT2D eigenvalue weighted by Gasteiger charge is -2.05. The van der Waals surface area contributed by atoms with E-state index >= 15 is 0 Å². The number of ether oxygens (including phenoxy) is 1. The van der Waals surface area contributed by atoms with E-state index in [1.54, 1.807) is 0 Å². The van der Waals surface area contributed by atoms with Crippen molar-refractivity contribution in [1.29, 1.82) is 0 Å². The molecule has 1 heterocycles. The maximum absolute atomic E-state index is 12.9. The lowest BCUT2D eigenvalue weighted by molar-refractivity contribution is -0.116. The smallest absolute Gasteiger partial charge is 0.226 e. The molecule has 0 unspecified atom stereocenters. The first-order valence-corrected chi connectivity index (χ1v) is 11.9. The molecule has 9 heteroatoms. The Morgan fingerprint density at radius 1 is 1.13 bits per heavy atom. The highest BCUT2D eigenvalue weighted by atomic mass is 32.2. The average Bonchev–Trinajstić information content (AvgIpc) is 3.17. The largest absolute Gasteiger partial charge is 0.494 e. The molecule has 1 aromatic heterocycles. The van der Waals surface area contributed by atoms with E-state index in [-0.39, 0.29) is 29.4 Å². The minimum Gasteiger partial charge on any atom is -0.494 e. The van der Waals surface area contributed by atoms with Crippen LogP contribution < -0.4 is 10.1 Å². The van der Waals surface area contributed by atoms with Gasteiger partial charge in [-0.05, 0) is 61.9 Å². The van der Waals surface area contributed by atoms with Crippen LogP contribution in [0.4, 0.5) is 9.52 Å². The van der Waals surface area contributed by atoms with Crippen molar-refractivity contribution in [2.45, 2.75) is 24.7 Å². The Hall–Kier alpha value is -2.78. The molecule has 2 aromatic carbocycles. The van der Waals surface area contributed by atoms with Crippen molar-refractivity contribution in [2.75, 3.05) is 17.7 Å². The third-order valence-corrected chi connectivity index (χ3v) is 6.78. The minimum absolute atomic E-state index is 0.0401. The molecule has 158 valence electrons. The van der Waals surface area contributed by atoms with Crippen LogP contribution in [0.2, 0.25) is 0 Å².